The van der Waals surface area contributed by atoms with E-state index in [2.05, 4.69) is 0 Å². The molecule has 1 aromatic rings. The molecule has 5 nitrogen and oxygen atoms in total. The zero-order valence-electron chi connectivity index (χ0n) is 14.0. The molecule has 1 N–H and O–H groups in total. The van der Waals surface area contributed by atoms with Crippen LogP contribution in [0.1, 0.15) is 46.1 Å². The third kappa shape index (κ3) is 6.14. The predicted molar refractivity (Wildman–Crippen MR) is 87.8 cm³/mol. The smallest absolute Gasteiger partial charge is 0.345 e. The van der Waals surface area contributed by atoms with Crippen molar-refractivity contribution in [3.8, 4) is 5.75 Å². The molecule has 0 heterocycles. The van der Waals surface area contributed by atoms with Gasteiger partial charge in [0.05, 0.1) is 12.2 Å². The van der Waals surface area contributed by atoms with E-state index in [9.17, 15) is 14.7 Å². The Bertz CT molecular complexity index is 551. The fourth-order valence-corrected chi connectivity index (χ4v) is 1.64. The first-order valence-electron chi connectivity index (χ1n) is 7.80. The summed E-state index contributed by atoms with van der Waals surface area (Å²) in [4.78, 5) is 24.5. The van der Waals surface area contributed by atoms with Crippen molar-refractivity contribution in [3.63, 3.8) is 0 Å². The van der Waals surface area contributed by atoms with Crippen LogP contribution in [-0.4, -0.2) is 29.3 Å². The Labute approximate surface area is 136 Å². The number of hydrogen-bond donors (Lipinski definition) is 1. The van der Waals surface area contributed by atoms with E-state index >= 15 is 0 Å². The normalized spacial score (nSPS) is 12.9. The zero-order valence-corrected chi connectivity index (χ0v) is 14.0. The van der Waals surface area contributed by atoms with E-state index in [1.807, 2.05) is 13.8 Å². The van der Waals surface area contributed by atoms with E-state index < -0.39 is 11.9 Å². The monoisotopic (exact) mass is 320 g/mol. The lowest BCUT2D eigenvalue weighted by Crippen LogP contribution is -2.24. The standard InChI is InChI=1S/C18H24O5/c1-5-12(3)22-17(20)16(18(21)23-13(4)6-2)11-14-8-7-9-15(19)10-14/h7-13,19H,5-6H2,1-4H3. The summed E-state index contributed by atoms with van der Waals surface area (Å²) in [6.45, 7) is 7.27. The molecule has 5 heteroatoms. The van der Waals surface area contributed by atoms with Crippen molar-refractivity contribution in [2.24, 2.45) is 0 Å². The number of ether oxygens (including phenoxy) is 2. The third-order valence-electron chi connectivity index (χ3n) is 3.39. The van der Waals surface area contributed by atoms with Gasteiger partial charge in [-0.2, -0.15) is 0 Å². The van der Waals surface area contributed by atoms with Gasteiger partial charge < -0.3 is 14.6 Å². The fraction of sp³-hybridized carbons (Fsp3) is 0.444. The van der Waals surface area contributed by atoms with Crippen LogP contribution in [0.15, 0.2) is 29.8 Å². The molecule has 23 heavy (non-hydrogen) atoms. The first-order valence-corrected chi connectivity index (χ1v) is 7.80. The highest BCUT2D eigenvalue weighted by molar-refractivity contribution is 6.17. The molecule has 126 valence electrons. The van der Waals surface area contributed by atoms with Gasteiger partial charge in [0.2, 0.25) is 0 Å². The minimum Gasteiger partial charge on any atom is -0.508 e. The van der Waals surface area contributed by atoms with Crippen LogP contribution >= 0.6 is 0 Å². The van der Waals surface area contributed by atoms with E-state index in [-0.39, 0.29) is 23.5 Å². The molecule has 0 saturated heterocycles. The third-order valence-corrected chi connectivity index (χ3v) is 3.39. The first kappa shape index (κ1) is 18.7. The molecule has 1 rings (SSSR count). The maximum Gasteiger partial charge on any atom is 0.345 e. The van der Waals surface area contributed by atoms with Gasteiger partial charge in [-0.05, 0) is 50.5 Å². The van der Waals surface area contributed by atoms with Gasteiger partial charge in [0.25, 0.3) is 0 Å². The molecule has 0 aliphatic rings. The molecule has 0 saturated carbocycles. The Morgan fingerprint density at radius 3 is 2.04 bits per heavy atom. The average Bonchev–Trinajstić information content (AvgIpc) is 2.52. The Morgan fingerprint density at radius 2 is 1.61 bits per heavy atom. The van der Waals surface area contributed by atoms with Crippen LogP contribution in [0, 0.1) is 0 Å². The quantitative estimate of drug-likeness (QED) is 0.360. The van der Waals surface area contributed by atoms with Gasteiger partial charge >= 0.3 is 11.9 Å². The van der Waals surface area contributed by atoms with E-state index in [1.54, 1.807) is 26.0 Å². The fourth-order valence-electron chi connectivity index (χ4n) is 1.64. The van der Waals surface area contributed by atoms with Gasteiger partial charge in [-0.3, -0.25) is 0 Å². The number of carbonyl (C=O) groups excluding carboxylic acids is 2. The summed E-state index contributed by atoms with van der Waals surface area (Å²) in [6, 6.07) is 6.25. The Balaban J connectivity index is 3.09. The molecule has 0 spiro atoms. The van der Waals surface area contributed by atoms with Crippen LogP contribution < -0.4 is 0 Å². The minimum atomic E-state index is -0.726. The van der Waals surface area contributed by atoms with Gasteiger partial charge in [0, 0.05) is 0 Å². The topological polar surface area (TPSA) is 72.8 Å². The molecule has 0 bridgehead atoms. The molecular formula is C18H24O5. The second-order valence-corrected chi connectivity index (χ2v) is 5.40. The SMILES string of the molecule is CCC(C)OC(=O)C(=Cc1cccc(O)c1)C(=O)OC(C)CC. The molecular weight excluding hydrogens is 296 g/mol. The highest BCUT2D eigenvalue weighted by atomic mass is 16.6. The molecule has 0 fully saturated rings. The number of phenols is 1. The van der Waals surface area contributed by atoms with Crippen LogP contribution in [0.2, 0.25) is 0 Å². The van der Waals surface area contributed by atoms with Crippen molar-refractivity contribution in [2.45, 2.75) is 52.7 Å². The van der Waals surface area contributed by atoms with Crippen molar-refractivity contribution >= 4 is 18.0 Å². The summed E-state index contributed by atoms with van der Waals surface area (Å²) in [5.41, 5.74) is 0.332. The van der Waals surface area contributed by atoms with Crippen LogP contribution in [0.3, 0.4) is 0 Å². The lowest BCUT2D eigenvalue weighted by atomic mass is 10.1. The highest BCUT2D eigenvalue weighted by Gasteiger charge is 2.24. The van der Waals surface area contributed by atoms with Crippen LogP contribution in [0.4, 0.5) is 0 Å². The summed E-state index contributed by atoms with van der Waals surface area (Å²) in [6.07, 6.45) is 2.06. The number of phenolic OH excluding ortho intramolecular Hbond substituents is 1. The number of aromatic hydroxyl groups is 1. The van der Waals surface area contributed by atoms with Crippen molar-refractivity contribution in [3.05, 3.63) is 35.4 Å². The number of rotatable bonds is 7. The number of benzene rings is 1. The largest absolute Gasteiger partial charge is 0.508 e. The van der Waals surface area contributed by atoms with E-state index in [0.29, 0.717) is 18.4 Å². The summed E-state index contributed by atoms with van der Waals surface area (Å²) >= 11 is 0. The number of hydrogen-bond acceptors (Lipinski definition) is 5. The lowest BCUT2D eigenvalue weighted by molar-refractivity contribution is -0.151. The first-order chi connectivity index (χ1) is 10.9. The average molecular weight is 320 g/mol. The van der Waals surface area contributed by atoms with Gasteiger partial charge in [-0.25, -0.2) is 9.59 Å². The molecule has 0 aromatic heterocycles. The number of carbonyl (C=O) groups is 2. The van der Waals surface area contributed by atoms with Crippen molar-refractivity contribution < 1.29 is 24.2 Å². The lowest BCUT2D eigenvalue weighted by Gasteiger charge is -2.15. The highest BCUT2D eigenvalue weighted by Crippen LogP contribution is 2.17. The molecule has 0 aliphatic carbocycles. The Hall–Kier alpha value is -2.30. The van der Waals surface area contributed by atoms with E-state index in [4.69, 9.17) is 9.47 Å². The zero-order chi connectivity index (χ0) is 17.4. The Kier molecular flexibility index (Phi) is 7.32. The summed E-state index contributed by atoms with van der Waals surface area (Å²) in [5.74, 6) is -1.41. The number of esters is 2. The predicted octanol–water partition coefficient (Wildman–Crippen LogP) is 3.46. The van der Waals surface area contributed by atoms with Crippen molar-refractivity contribution in [2.75, 3.05) is 0 Å². The van der Waals surface area contributed by atoms with Crippen molar-refractivity contribution in [1.29, 1.82) is 0 Å². The van der Waals surface area contributed by atoms with Crippen LogP contribution in [-0.2, 0) is 19.1 Å². The summed E-state index contributed by atoms with van der Waals surface area (Å²) in [7, 11) is 0. The maximum atomic E-state index is 12.3. The van der Waals surface area contributed by atoms with Gasteiger partial charge in [-0.1, -0.05) is 26.0 Å². The molecule has 0 radical (unpaired) electrons. The van der Waals surface area contributed by atoms with Crippen LogP contribution in [0.5, 0.6) is 5.75 Å². The minimum absolute atomic E-state index is 0.0451. The van der Waals surface area contributed by atoms with Crippen LogP contribution in [0.25, 0.3) is 6.08 Å². The van der Waals surface area contributed by atoms with E-state index in [1.165, 1.54) is 18.2 Å². The molecule has 2 atom stereocenters. The summed E-state index contributed by atoms with van der Waals surface area (Å²) < 4.78 is 10.5. The van der Waals surface area contributed by atoms with Gasteiger partial charge in [0.1, 0.15) is 11.3 Å². The van der Waals surface area contributed by atoms with E-state index in [0.717, 1.165) is 0 Å². The van der Waals surface area contributed by atoms with Gasteiger partial charge in [-0.15, -0.1) is 0 Å². The molecule has 0 amide bonds. The summed E-state index contributed by atoms with van der Waals surface area (Å²) in [5, 5.41) is 9.51. The second-order valence-electron chi connectivity index (χ2n) is 5.40. The van der Waals surface area contributed by atoms with Crippen molar-refractivity contribution in [1.82, 2.24) is 0 Å². The second kappa shape index (κ2) is 8.98. The molecule has 1 aromatic carbocycles. The van der Waals surface area contributed by atoms with Gasteiger partial charge in [0.15, 0.2) is 0 Å². The maximum absolute atomic E-state index is 12.3. The molecule has 2 unspecified atom stereocenters. The Morgan fingerprint density at radius 1 is 1.09 bits per heavy atom. The molecule has 0 aliphatic heterocycles.